The average Bonchev–Trinajstić information content (AvgIpc) is 2.42. The normalized spacial score (nSPS) is 10.3. The molecular formula is C14H26N2O5. The summed E-state index contributed by atoms with van der Waals surface area (Å²) in [6.07, 6.45) is 3.33. The molecule has 2 N–H and O–H groups in total. The molecule has 0 atom stereocenters. The quantitative estimate of drug-likeness (QED) is 0.472. The van der Waals surface area contributed by atoms with Crippen molar-refractivity contribution < 1.29 is 24.2 Å². The fraction of sp³-hybridized carbons (Fsp3) is 0.786. The van der Waals surface area contributed by atoms with Crippen LogP contribution in [0.1, 0.15) is 46.0 Å². The fourth-order valence-electron chi connectivity index (χ4n) is 1.74. The number of unbranched alkanes of at least 4 members (excludes halogenated alkanes) is 3. The maximum absolute atomic E-state index is 11.9. The zero-order valence-electron chi connectivity index (χ0n) is 13.1. The number of esters is 1. The highest BCUT2D eigenvalue weighted by Crippen LogP contribution is 2.03. The Hall–Kier alpha value is -1.79. The summed E-state index contributed by atoms with van der Waals surface area (Å²) in [5, 5.41) is 11.3. The van der Waals surface area contributed by atoms with Crippen LogP contribution >= 0.6 is 0 Å². The Morgan fingerprint density at radius 1 is 1.14 bits per heavy atom. The van der Waals surface area contributed by atoms with Crippen LogP contribution in [0.25, 0.3) is 0 Å². The minimum Gasteiger partial charge on any atom is -0.481 e. The molecule has 2 amide bonds. The van der Waals surface area contributed by atoms with Gasteiger partial charge in [-0.05, 0) is 26.7 Å². The number of rotatable bonds is 10. The van der Waals surface area contributed by atoms with E-state index in [0.29, 0.717) is 13.0 Å². The minimum absolute atomic E-state index is 0.0708. The van der Waals surface area contributed by atoms with Crippen molar-refractivity contribution in [2.24, 2.45) is 0 Å². The lowest BCUT2D eigenvalue weighted by Crippen LogP contribution is -2.46. The zero-order chi connectivity index (χ0) is 16.3. The lowest BCUT2D eigenvalue weighted by molar-refractivity contribution is -0.141. The molecule has 0 aromatic carbocycles. The highest BCUT2D eigenvalue weighted by Gasteiger charge is 2.19. The van der Waals surface area contributed by atoms with E-state index in [0.717, 1.165) is 19.3 Å². The molecule has 122 valence electrons. The molecule has 7 heteroatoms. The summed E-state index contributed by atoms with van der Waals surface area (Å²) in [5.41, 5.74) is 0. The van der Waals surface area contributed by atoms with Gasteiger partial charge in [-0.2, -0.15) is 0 Å². The summed E-state index contributed by atoms with van der Waals surface area (Å²) < 4.78 is 4.56. The number of carboxylic acids is 1. The van der Waals surface area contributed by atoms with Gasteiger partial charge in [0.15, 0.2) is 0 Å². The number of urea groups is 1. The van der Waals surface area contributed by atoms with E-state index in [2.05, 4.69) is 10.1 Å². The maximum atomic E-state index is 11.9. The number of methoxy groups -OCH3 is 1. The van der Waals surface area contributed by atoms with Crippen LogP contribution < -0.4 is 5.32 Å². The second-order valence-corrected chi connectivity index (χ2v) is 5.09. The van der Waals surface area contributed by atoms with Gasteiger partial charge >= 0.3 is 18.0 Å². The van der Waals surface area contributed by atoms with Crippen LogP contribution in [0.2, 0.25) is 0 Å². The van der Waals surface area contributed by atoms with Gasteiger partial charge < -0.3 is 20.1 Å². The van der Waals surface area contributed by atoms with E-state index >= 15 is 0 Å². The molecule has 0 bridgehead atoms. The first-order chi connectivity index (χ1) is 9.88. The van der Waals surface area contributed by atoms with Gasteiger partial charge in [0.2, 0.25) is 0 Å². The van der Waals surface area contributed by atoms with Crippen molar-refractivity contribution in [3.8, 4) is 0 Å². The third-order valence-corrected chi connectivity index (χ3v) is 3.00. The molecule has 7 nitrogen and oxygen atoms in total. The van der Waals surface area contributed by atoms with Crippen LogP contribution in [0.3, 0.4) is 0 Å². The number of carbonyl (C=O) groups is 3. The third-order valence-electron chi connectivity index (χ3n) is 3.00. The predicted molar refractivity (Wildman–Crippen MR) is 78.0 cm³/mol. The molecule has 0 aliphatic rings. The van der Waals surface area contributed by atoms with Crippen molar-refractivity contribution in [2.75, 3.05) is 20.2 Å². The number of carboxylic acid groups (broad SMARTS) is 1. The number of nitrogens with one attached hydrogen (secondary N) is 1. The van der Waals surface area contributed by atoms with Gasteiger partial charge in [-0.3, -0.25) is 9.59 Å². The molecule has 0 fully saturated rings. The zero-order valence-corrected chi connectivity index (χ0v) is 13.1. The van der Waals surface area contributed by atoms with Crippen molar-refractivity contribution in [3.05, 3.63) is 0 Å². The number of amides is 2. The standard InChI is InChI=1S/C14H26N2O5/c1-11(2)16(10-13(19)21-3)14(20)15-9-7-5-4-6-8-12(17)18/h11H,4-10H2,1-3H3,(H,15,20)(H,17,18). The highest BCUT2D eigenvalue weighted by molar-refractivity contribution is 5.81. The molecule has 0 aromatic heterocycles. The molecule has 0 aromatic rings. The van der Waals surface area contributed by atoms with Gasteiger partial charge in [-0.1, -0.05) is 12.8 Å². The smallest absolute Gasteiger partial charge is 0.325 e. The summed E-state index contributed by atoms with van der Waals surface area (Å²) in [6, 6.07) is -0.388. The van der Waals surface area contributed by atoms with E-state index < -0.39 is 11.9 Å². The molecule has 21 heavy (non-hydrogen) atoms. The summed E-state index contributed by atoms with van der Waals surface area (Å²) in [4.78, 5) is 34.9. The van der Waals surface area contributed by atoms with Crippen molar-refractivity contribution in [3.63, 3.8) is 0 Å². The summed E-state index contributed by atoms with van der Waals surface area (Å²) in [5.74, 6) is -1.23. The molecule has 0 spiro atoms. The predicted octanol–water partition coefficient (Wildman–Crippen LogP) is 1.61. The van der Waals surface area contributed by atoms with Crippen molar-refractivity contribution in [1.82, 2.24) is 10.2 Å². The van der Waals surface area contributed by atoms with E-state index in [9.17, 15) is 14.4 Å². The Labute approximate surface area is 125 Å². The molecule has 0 unspecified atom stereocenters. The van der Waals surface area contributed by atoms with Crippen LogP contribution in [0.15, 0.2) is 0 Å². The fourth-order valence-corrected chi connectivity index (χ4v) is 1.74. The topological polar surface area (TPSA) is 95.9 Å². The lowest BCUT2D eigenvalue weighted by Gasteiger charge is -2.25. The number of ether oxygens (including phenoxy) is 1. The van der Waals surface area contributed by atoms with Gasteiger partial charge in [-0.25, -0.2) is 4.79 Å². The number of nitrogens with zero attached hydrogens (tertiary/aromatic N) is 1. The second kappa shape index (κ2) is 10.9. The Morgan fingerprint density at radius 2 is 1.76 bits per heavy atom. The Balaban J connectivity index is 3.88. The van der Waals surface area contributed by atoms with E-state index in [1.165, 1.54) is 12.0 Å². The van der Waals surface area contributed by atoms with Crippen LogP contribution in [0.4, 0.5) is 4.79 Å². The number of carbonyl (C=O) groups excluding carboxylic acids is 2. The van der Waals surface area contributed by atoms with Crippen molar-refractivity contribution in [2.45, 2.75) is 52.0 Å². The van der Waals surface area contributed by atoms with Crippen LogP contribution in [-0.4, -0.2) is 54.2 Å². The van der Waals surface area contributed by atoms with Gasteiger partial charge in [0.05, 0.1) is 7.11 Å². The summed E-state index contributed by atoms with van der Waals surface area (Å²) >= 11 is 0. The van der Waals surface area contributed by atoms with Crippen molar-refractivity contribution in [1.29, 1.82) is 0 Å². The van der Waals surface area contributed by atoms with Crippen molar-refractivity contribution >= 4 is 18.0 Å². The Bertz CT molecular complexity index is 344. The first-order valence-corrected chi connectivity index (χ1v) is 7.21. The molecule has 0 heterocycles. The summed E-state index contributed by atoms with van der Waals surface area (Å²) in [6.45, 7) is 4.09. The molecule has 0 saturated heterocycles. The number of aliphatic carboxylic acids is 1. The molecule has 0 radical (unpaired) electrons. The Morgan fingerprint density at radius 3 is 2.29 bits per heavy atom. The van der Waals surface area contributed by atoms with E-state index in [1.807, 2.05) is 13.8 Å². The van der Waals surface area contributed by atoms with Crippen LogP contribution in [-0.2, 0) is 14.3 Å². The molecule has 0 aliphatic carbocycles. The SMILES string of the molecule is COC(=O)CN(C(=O)NCCCCCCC(=O)O)C(C)C. The molecular weight excluding hydrogens is 276 g/mol. The average molecular weight is 302 g/mol. The van der Waals surface area contributed by atoms with Gasteiger partial charge in [0.25, 0.3) is 0 Å². The molecule has 0 rings (SSSR count). The Kier molecular flexibility index (Phi) is 10.0. The largest absolute Gasteiger partial charge is 0.481 e. The number of hydrogen-bond acceptors (Lipinski definition) is 4. The minimum atomic E-state index is -0.779. The monoisotopic (exact) mass is 302 g/mol. The van der Waals surface area contributed by atoms with Gasteiger partial charge in [-0.15, -0.1) is 0 Å². The second-order valence-electron chi connectivity index (χ2n) is 5.09. The van der Waals surface area contributed by atoms with Gasteiger partial charge in [0.1, 0.15) is 6.54 Å². The first kappa shape index (κ1) is 19.2. The van der Waals surface area contributed by atoms with E-state index in [4.69, 9.17) is 5.11 Å². The number of hydrogen-bond donors (Lipinski definition) is 2. The van der Waals surface area contributed by atoms with E-state index in [1.54, 1.807) is 0 Å². The van der Waals surface area contributed by atoms with Crippen LogP contribution in [0, 0.1) is 0 Å². The molecule has 0 aliphatic heterocycles. The maximum Gasteiger partial charge on any atom is 0.325 e. The highest BCUT2D eigenvalue weighted by atomic mass is 16.5. The van der Waals surface area contributed by atoms with E-state index in [-0.39, 0.29) is 25.0 Å². The van der Waals surface area contributed by atoms with Gasteiger partial charge in [0, 0.05) is 19.0 Å². The lowest BCUT2D eigenvalue weighted by atomic mass is 10.1. The molecule has 0 saturated carbocycles. The van der Waals surface area contributed by atoms with Crippen LogP contribution in [0.5, 0.6) is 0 Å². The third kappa shape index (κ3) is 9.70. The first-order valence-electron chi connectivity index (χ1n) is 7.21. The summed E-state index contributed by atoms with van der Waals surface area (Å²) in [7, 11) is 1.29.